The molecule has 0 spiro atoms. The number of cyclic esters (lactones) is 1. The molecule has 140 valence electrons. The van der Waals surface area contributed by atoms with Crippen molar-refractivity contribution >= 4 is 11.9 Å². The van der Waals surface area contributed by atoms with E-state index in [9.17, 15) is 9.59 Å². The number of nitrogens with one attached hydrogen (secondary N) is 1. The molecule has 1 N–H and O–H groups in total. The van der Waals surface area contributed by atoms with E-state index in [1.165, 1.54) is 0 Å². The van der Waals surface area contributed by atoms with Crippen LogP contribution in [0.3, 0.4) is 0 Å². The van der Waals surface area contributed by atoms with Gasteiger partial charge in [0.15, 0.2) is 5.60 Å². The largest absolute Gasteiger partial charge is 0.497 e. The van der Waals surface area contributed by atoms with Gasteiger partial charge in [-0.25, -0.2) is 4.79 Å². The lowest BCUT2D eigenvalue weighted by Gasteiger charge is -2.34. The molecule has 1 fully saturated rings. The van der Waals surface area contributed by atoms with Gasteiger partial charge >= 0.3 is 5.97 Å². The zero-order valence-electron chi connectivity index (χ0n) is 15.5. The lowest BCUT2D eigenvalue weighted by atomic mass is 9.88. The van der Waals surface area contributed by atoms with Crippen LogP contribution in [0.4, 0.5) is 0 Å². The van der Waals surface area contributed by atoms with Crippen LogP contribution in [0.5, 0.6) is 5.75 Å². The summed E-state index contributed by atoms with van der Waals surface area (Å²) in [6.45, 7) is 1.69. The van der Waals surface area contributed by atoms with Crippen molar-refractivity contribution in [2.75, 3.05) is 7.11 Å². The molecule has 4 rings (SSSR count). The lowest BCUT2D eigenvalue weighted by Crippen LogP contribution is -2.52. The monoisotopic (exact) mass is 365 g/mol. The van der Waals surface area contributed by atoms with Gasteiger partial charge in [0.05, 0.1) is 18.7 Å². The van der Waals surface area contributed by atoms with E-state index in [1.807, 2.05) is 36.4 Å². The Morgan fingerprint density at radius 1 is 1.19 bits per heavy atom. The fourth-order valence-electron chi connectivity index (χ4n) is 3.67. The second-order valence-electron chi connectivity index (χ2n) is 7.52. The molecule has 1 saturated carbocycles. The van der Waals surface area contributed by atoms with E-state index >= 15 is 0 Å². The van der Waals surface area contributed by atoms with Gasteiger partial charge in [0.2, 0.25) is 0 Å². The van der Waals surface area contributed by atoms with Gasteiger partial charge in [-0.2, -0.15) is 0 Å². The van der Waals surface area contributed by atoms with Gasteiger partial charge in [-0.1, -0.05) is 30.3 Å². The summed E-state index contributed by atoms with van der Waals surface area (Å²) >= 11 is 0. The van der Waals surface area contributed by atoms with E-state index < -0.39 is 11.6 Å². The predicted molar refractivity (Wildman–Crippen MR) is 101 cm³/mol. The van der Waals surface area contributed by atoms with E-state index in [4.69, 9.17) is 9.47 Å². The summed E-state index contributed by atoms with van der Waals surface area (Å²) in [4.78, 5) is 25.5. The average molecular weight is 365 g/mol. The molecule has 27 heavy (non-hydrogen) atoms. The van der Waals surface area contributed by atoms with Crippen molar-refractivity contribution in [3.05, 3.63) is 65.2 Å². The molecule has 2 atom stereocenters. The van der Waals surface area contributed by atoms with Gasteiger partial charge in [0.25, 0.3) is 5.91 Å². The van der Waals surface area contributed by atoms with Crippen LogP contribution in [0, 0.1) is 5.92 Å². The number of esters is 1. The van der Waals surface area contributed by atoms with Crippen molar-refractivity contribution in [3.8, 4) is 5.75 Å². The molecule has 0 bridgehead atoms. The zero-order chi connectivity index (χ0) is 19.0. The summed E-state index contributed by atoms with van der Waals surface area (Å²) in [5.41, 5.74) is 1.22. The van der Waals surface area contributed by atoms with Gasteiger partial charge < -0.3 is 14.8 Å². The molecule has 1 amide bonds. The third kappa shape index (κ3) is 3.42. The Kier molecular flexibility index (Phi) is 4.38. The van der Waals surface area contributed by atoms with Crippen molar-refractivity contribution in [3.63, 3.8) is 0 Å². The van der Waals surface area contributed by atoms with Crippen LogP contribution in [0.1, 0.15) is 47.3 Å². The third-order valence-electron chi connectivity index (χ3n) is 5.42. The molecule has 2 aliphatic rings. The summed E-state index contributed by atoms with van der Waals surface area (Å²) in [6.07, 6.45) is 2.54. The Labute approximate surface area is 158 Å². The molecule has 5 heteroatoms. The van der Waals surface area contributed by atoms with Crippen LogP contribution in [0.2, 0.25) is 0 Å². The standard InChI is InChI=1S/C22H23NO4/c1-22(13-16-5-3-4-6-18(16)20(24)27-22)21(25)23-19(14-7-8-14)15-9-11-17(26-2)12-10-15/h3-6,9-12,14,19H,7-8,13H2,1-2H3,(H,23,25)/t19-,22-/m0/s1. The summed E-state index contributed by atoms with van der Waals surface area (Å²) in [6, 6.07) is 15.0. The van der Waals surface area contributed by atoms with Crippen molar-refractivity contribution < 1.29 is 19.1 Å². The Hall–Kier alpha value is -2.82. The third-order valence-corrected chi connectivity index (χ3v) is 5.42. The molecule has 0 saturated heterocycles. The van der Waals surface area contributed by atoms with E-state index in [-0.39, 0.29) is 11.9 Å². The molecule has 0 radical (unpaired) electrons. The molecule has 5 nitrogen and oxygen atoms in total. The number of ether oxygens (including phenoxy) is 2. The van der Waals surface area contributed by atoms with Crippen molar-refractivity contribution in [2.45, 2.75) is 37.8 Å². The lowest BCUT2D eigenvalue weighted by molar-refractivity contribution is -0.140. The minimum Gasteiger partial charge on any atom is -0.497 e. The maximum Gasteiger partial charge on any atom is 0.339 e. The van der Waals surface area contributed by atoms with Gasteiger partial charge in [0, 0.05) is 6.42 Å². The Balaban J connectivity index is 1.55. The molecule has 1 heterocycles. The van der Waals surface area contributed by atoms with Crippen molar-refractivity contribution in [2.24, 2.45) is 5.92 Å². The normalized spacial score (nSPS) is 22.4. The Bertz CT molecular complexity index is 872. The molecule has 0 unspecified atom stereocenters. The Morgan fingerprint density at radius 2 is 1.89 bits per heavy atom. The first-order chi connectivity index (χ1) is 13.0. The highest BCUT2D eigenvalue weighted by atomic mass is 16.6. The molecule has 2 aromatic rings. The first-order valence-corrected chi connectivity index (χ1v) is 9.26. The van der Waals surface area contributed by atoms with Gasteiger partial charge in [-0.05, 0) is 55.0 Å². The van der Waals surface area contributed by atoms with Crippen LogP contribution >= 0.6 is 0 Å². The topological polar surface area (TPSA) is 64.6 Å². The first kappa shape index (κ1) is 17.6. The number of fused-ring (bicyclic) bond motifs is 1. The molecule has 0 aromatic heterocycles. The van der Waals surface area contributed by atoms with Crippen molar-refractivity contribution in [1.82, 2.24) is 5.32 Å². The zero-order valence-corrected chi connectivity index (χ0v) is 15.5. The second kappa shape index (κ2) is 6.72. The number of hydrogen-bond acceptors (Lipinski definition) is 4. The number of carbonyl (C=O) groups is 2. The van der Waals surface area contributed by atoms with E-state index in [0.29, 0.717) is 17.9 Å². The van der Waals surface area contributed by atoms with Crippen LogP contribution in [-0.4, -0.2) is 24.6 Å². The minimum atomic E-state index is -1.20. The first-order valence-electron chi connectivity index (χ1n) is 9.26. The smallest absolute Gasteiger partial charge is 0.339 e. The van der Waals surface area contributed by atoms with Gasteiger partial charge in [-0.3, -0.25) is 4.79 Å². The predicted octanol–water partition coefficient (Wildman–Crippen LogP) is 3.43. The summed E-state index contributed by atoms with van der Waals surface area (Å²) < 4.78 is 10.8. The highest BCUT2D eigenvalue weighted by Gasteiger charge is 2.44. The summed E-state index contributed by atoms with van der Waals surface area (Å²) in [5, 5.41) is 3.14. The number of hydrogen-bond donors (Lipinski definition) is 1. The van der Waals surface area contributed by atoms with Crippen LogP contribution < -0.4 is 10.1 Å². The molecular weight excluding hydrogens is 342 g/mol. The summed E-state index contributed by atoms with van der Waals surface area (Å²) in [5.74, 6) is 0.502. The quantitative estimate of drug-likeness (QED) is 0.825. The fraction of sp³-hybridized carbons (Fsp3) is 0.364. The maximum absolute atomic E-state index is 13.1. The van der Waals surface area contributed by atoms with E-state index in [2.05, 4.69) is 5.32 Å². The minimum absolute atomic E-state index is 0.0869. The molecular formula is C22H23NO4. The van der Waals surface area contributed by atoms with Crippen molar-refractivity contribution in [1.29, 1.82) is 0 Å². The van der Waals surface area contributed by atoms with Crippen LogP contribution in [0.25, 0.3) is 0 Å². The average Bonchev–Trinajstić information content (AvgIpc) is 3.51. The number of rotatable bonds is 5. The summed E-state index contributed by atoms with van der Waals surface area (Å²) in [7, 11) is 1.63. The number of carbonyl (C=O) groups excluding carboxylic acids is 2. The highest BCUT2D eigenvalue weighted by molar-refractivity contribution is 5.97. The fourth-order valence-corrected chi connectivity index (χ4v) is 3.67. The van der Waals surface area contributed by atoms with E-state index in [1.54, 1.807) is 26.2 Å². The van der Waals surface area contributed by atoms with Gasteiger partial charge in [-0.15, -0.1) is 0 Å². The number of benzene rings is 2. The van der Waals surface area contributed by atoms with Crippen LogP contribution in [0.15, 0.2) is 48.5 Å². The van der Waals surface area contributed by atoms with Gasteiger partial charge in [0.1, 0.15) is 5.75 Å². The Morgan fingerprint density at radius 3 is 2.56 bits per heavy atom. The number of amides is 1. The van der Waals surface area contributed by atoms with Crippen LogP contribution in [-0.2, 0) is 16.0 Å². The molecule has 2 aromatic carbocycles. The molecule has 1 aliphatic carbocycles. The SMILES string of the molecule is COc1ccc([C@@H](NC(=O)[C@]2(C)Cc3ccccc3C(=O)O2)C2CC2)cc1. The molecule has 1 aliphatic heterocycles. The highest BCUT2D eigenvalue weighted by Crippen LogP contribution is 2.42. The van der Waals surface area contributed by atoms with E-state index in [0.717, 1.165) is 29.7 Å². The number of methoxy groups -OCH3 is 1. The second-order valence-corrected chi connectivity index (χ2v) is 7.52. The maximum atomic E-state index is 13.1.